The molecule has 0 N–H and O–H groups in total. The van der Waals surface area contributed by atoms with Gasteiger partial charge in [-0.05, 0) is 18.9 Å². The van der Waals surface area contributed by atoms with Crippen molar-refractivity contribution in [3.8, 4) is 0 Å². The van der Waals surface area contributed by atoms with Gasteiger partial charge in [0, 0.05) is 4.50 Å². The molecule has 1 atom stereocenters. The van der Waals surface area contributed by atoms with Crippen molar-refractivity contribution in [2.75, 3.05) is 0 Å². The van der Waals surface area contributed by atoms with Crippen LogP contribution >= 0.6 is 0 Å². The first-order valence-electron chi connectivity index (χ1n) is 8.20. The molecule has 23 heavy (non-hydrogen) atoms. The van der Waals surface area contributed by atoms with Gasteiger partial charge in [-0.2, -0.15) is 0 Å². The summed E-state index contributed by atoms with van der Waals surface area (Å²) in [6.07, 6.45) is 0.532. The lowest BCUT2D eigenvalue weighted by molar-refractivity contribution is 0.586. The van der Waals surface area contributed by atoms with Gasteiger partial charge in [-0.1, -0.05) is 81.8 Å². The summed E-state index contributed by atoms with van der Waals surface area (Å²) in [4.78, 5) is 0. The maximum absolute atomic E-state index is 13.6. The molecule has 0 aliphatic heterocycles. The minimum Gasteiger partial charge on any atom is -0.229 e. The number of sulfone groups is 1. The summed E-state index contributed by atoms with van der Waals surface area (Å²) >= 11 is 0. The van der Waals surface area contributed by atoms with Gasteiger partial charge in [-0.15, -0.1) is 0 Å². The SMILES string of the molecule is C=C(C)[C@H](Cc1ccccc1)S(=O)(=O)C([Si](C)(C)C)[Si](C)(C)C. The van der Waals surface area contributed by atoms with Crippen molar-refractivity contribution in [3.05, 3.63) is 48.0 Å². The lowest BCUT2D eigenvalue weighted by atomic mass is 10.1. The molecule has 0 spiro atoms. The third kappa shape index (κ3) is 5.16. The molecule has 1 aromatic carbocycles. The van der Waals surface area contributed by atoms with Crippen molar-refractivity contribution in [2.24, 2.45) is 0 Å². The Balaban J connectivity index is 3.36. The molecule has 0 aliphatic carbocycles. The highest BCUT2D eigenvalue weighted by atomic mass is 32.2. The average Bonchev–Trinajstić information content (AvgIpc) is 2.32. The summed E-state index contributed by atoms with van der Waals surface area (Å²) < 4.78 is 27.0. The minimum atomic E-state index is -3.25. The topological polar surface area (TPSA) is 34.1 Å². The summed E-state index contributed by atoms with van der Waals surface area (Å²) in [5.74, 6) is 0. The van der Waals surface area contributed by atoms with Gasteiger partial charge in [0.25, 0.3) is 0 Å². The van der Waals surface area contributed by atoms with Crippen molar-refractivity contribution in [1.29, 1.82) is 0 Å². The minimum absolute atomic E-state index is 0.159. The third-order valence-corrected chi connectivity index (χ3v) is 20.7. The van der Waals surface area contributed by atoms with E-state index in [-0.39, 0.29) is 4.50 Å². The molecular formula is C18H32O2SSi2. The zero-order chi connectivity index (χ0) is 18.1. The van der Waals surface area contributed by atoms with Crippen LogP contribution in [0.2, 0.25) is 39.3 Å². The highest BCUT2D eigenvalue weighted by molar-refractivity contribution is 7.96. The predicted molar refractivity (Wildman–Crippen MR) is 108 cm³/mol. The van der Waals surface area contributed by atoms with Crippen molar-refractivity contribution >= 4 is 26.0 Å². The summed E-state index contributed by atoms with van der Waals surface area (Å²) in [5, 5.41) is -0.478. The summed E-state index contributed by atoms with van der Waals surface area (Å²) in [7, 11) is -6.95. The van der Waals surface area contributed by atoms with E-state index in [1.54, 1.807) is 0 Å². The Kier molecular flexibility index (Phi) is 6.27. The molecular weight excluding hydrogens is 336 g/mol. The molecule has 0 amide bonds. The maximum Gasteiger partial charge on any atom is 0.155 e. The highest BCUT2D eigenvalue weighted by Gasteiger charge is 2.49. The molecule has 0 aliphatic rings. The van der Waals surface area contributed by atoms with E-state index in [0.29, 0.717) is 6.42 Å². The fourth-order valence-electron chi connectivity index (χ4n) is 3.85. The van der Waals surface area contributed by atoms with E-state index in [1.165, 1.54) is 0 Å². The number of rotatable bonds is 7. The van der Waals surface area contributed by atoms with Gasteiger partial charge < -0.3 is 0 Å². The van der Waals surface area contributed by atoms with Crippen LogP contribution in [0.1, 0.15) is 12.5 Å². The molecule has 0 aromatic heterocycles. The molecule has 0 radical (unpaired) electrons. The van der Waals surface area contributed by atoms with Crippen LogP contribution in [0.15, 0.2) is 42.5 Å². The molecule has 0 fully saturated rings. The fraction of sp³-hybridized carbons (Fsp3) is 0.556. The van der Waals surface area contributed by atoms with E-state index in [1.807, 2.05) is 37.3 Å². The van der Waals surface area contributed by atoms with Crippen LogP contribution in [0.3, 0.4) is 0 Å². The molecule has 0 heterocycles. The van der Waals surface area contributed by atoms with Crippen LogP contribution in [-0.2, 0) is 16.3 Å². The number of hydrogen-bond acceptors (Lipinski definition) is 2. The zero-order valence-electron chi connectivity index (χ0n) is 15.7. The third-order valence-electron chi connectivity index (χ3n) is 4.11. The van der Waals surface area contributed by atoms with Gasteiger partial charge >= 0.3 is 0 Å². The van der Waals surface area contributed by atoms with Crippen LogP contribution in [0.5, 0.6) is 0 Å². The zero-order valence-corrected chi connectivity index (χ0v) is 18.5. The average molecular weight is 369 g/mol. The maximum atomic E-state index is 13.6. The van der Waals surface area contributed by atoms with Crippen LogP contribution in [0, 0.1) is 0 Å². The Morgan fingerprint density at radius 2 is 1.43 bits per heavy atom. The van der Waals surface area contributed by atoms with E-state index >= 15 is 0 Å². The van der Waals surface area contributed by atoms with Gasteiger partial charge in [0.1, 0.15) is 0 Å². The van der Waals surface area contributed by atoms with Gasteiger partial charge in [-0.25, -0.2) is 8.42 Å². The van der Waals surface area contributed by atoms with E-state index in [4.69, 9.17) is 0 Å². The van der Waals surface area contributed by atoms with E-state index in [9.17, 15) is 8.42 Å². The normalized spacial score (nSPS) is 14.8. The van der Waals surface area contributed by atoms with Crippen LogP contribution in [0.4, 0.5) is 0 Å². The lowest BCUT2D eigenvalue weighted by Crippen LogP contribution is -2.60. The molecule has 5 heteroatoms. The summed E-state index contributed by atoms with van der Waals surface area (Å²) in [5.41, 5.74) is 1.82. The van der Waals surface area contributed by atoms with Crippen LogP contribution in [-0.4, -0.2) is 34.3 Å². The molecule has 0 unspecified atom stereocenters. The van der Waals surface area contributed by atoms with Gasteiger partial charge in [0.15, 0.2) is 9.84 Å². The smallest absolute Gasteiger partial charge is 0.155 e. The standard InChI is InChI=1S/C18H32O2SSi2/c1-15(2)17(14-16-12-10-9-11-13-16)21(19,20)18(22(3,4)5)23(6,7)8/h9-13,17-18H,1,14H2,2-8H3/t17-/m0/s1. The largest absolute Gasteiger partial charge is 0.229 e. The number of hydrogen-bond donors (Lipinski definition) is 0. The highest BCUT2D eigenvalue weighted by Crippen LogP contribution is 2.32. The van der Waals surface area contributed by atoms with E-state index in [0.717, 1.165) is 11.1 Å². The Labute approximate surface area is 145 Å². The summed E-state index contributed by atoms with van der Waals surface area (Å²) in [6, 6.07) is 9.89. The molecule has 0 bridgehead atoms. The van der Waals surface area contributed by atoms with Gasteiger partial charge in [0.2, 0.25) is 0 Å². The van der Waals surface area contributed by atoms with Crippen molar-refractivity contribution < 1.29 is 8.42 Å². The first-order valence-corrected chi connectivity index (χ1v) is 17.0. The van der Waals surface area contributed by atoms with E-state index in [2.05, 4.69) is 45.9 Å². The molecule has 2 nitrogen and oxygen atoms in total. The van der Waals surface area contributed by atoms with Crippen LogP contribution in [0.25, 0.3) is 0 Å². The van der Waals surface area contributed by atoms with Gasteiger partial charge in [0.05, 0.1) is 21.4 Å². The van der Waals surface area contributed by atoms with Crippen molar-refractivity contribution in [2.45, 2.75) is 62.4 Å². The lowest BCUT2D eigenvalue weighted by Gasteiger charge is -2.40. The molecule has 0 saturated heterocycles. The monoisotopic (exact) mass is 368 g/mol. The Morgan fingerprint density at radius 3 is 1.78 bits per heavy atom. The molecule has 0 saturated carbocycles. The fourth-order valence-corrected chi connectivity index (χ4v) is 24.4. The molecule has 1 rings (SSSR count). The first-order chi connectivity index (χ1) is 10.3. The molecule has 1 aromatic rings. The van der Waals surface area contributed by atoms with Crippen molar-refractivity contribution in [3.63, 3.8) is 0 Å². The van der Waals surface area contributed by atoms with Crippen LogP contribution < -0.4 is 0 Å². The number of benzene rings is 1. The quantitative estimate of drug-likeness (QED) is 0.516. The predicted octanol–water partition coefficient (Wildman–Crippen LogP) is 4.71. The Bertz CT molecular complexity index is 624. The van der Waals surface area contributed by atoms with Crippen molar-refractivity contribution in [1.82, 2.24) is 0 Å². The summed E-state index contributed by atoms with van der Waals surface area (Å²) in [6.45, 7) is 19.0. The second-order valence-corrected chi connectivity index (χ2v) is 23.0. The Morgan fingerprint density at radius 1 is 1.00 bits per heavy atom. The molecule has 130 valence electrons. The second-order valence-electron chi connectivity index (χ2n) is 8.73. The van der Waals surface area contributed by atoms with Gasteiger partial charge in [-0.3, -0.25) is 0 Å². The first kappa shape index (κ1) is 20.4. The van der Waals surface area contributed by atoms with E-state index < -0.39 is 31.2 Å². The second kappa shape index (κ2) is 7.07. The Hall–Kier alpha value is -0.656.